The van der Waals surface area contributed by atoms with Gasteiger partial charge in [0.05, 0.1) is 7.11 Å². The third kappa shape index (κ3) is 3.58. The summed E-state index contributed by atoms with van der Waals surface area (Å²) in [5, 5.41) is 6.45. The van der Waals surface area contributed by atoms with Crippen molar-refractivity contribution in [1.82, 2.24) is 10.6 Å². The number of amides is 1. The predicted molar refractivity (Wildman–Crippen MR) is 92.4 cm³/mol. The molecule has 3 rings (SSSR count). The fraction of sp³-hybridized carbons (Fsp3) is 0.562. The first-order valence-electron chi connectivity index (χ1n) is 7.45. The van der Waals surface area contributed by atoms with Gasteiger partial charge in [-0.1, -0.05) is 15.9 Å². The molecule has 0 bridgehead atoms. The summed E-state index contributed by atoms with van der Waals surface area (Å²) in [4.78, 5) is 12.3. The van der Waals surface area contributed by atoms with Crippen LogP contribution in [0.15, 0.2) is 22.7 Å². The van der Waals surface area contributed by atoms with Crippen molar-refractivity contribution in [2.24, 2.45) is 11.3 Å². The van der Waals surface area contributed by atoms with Crippen LogP contribution in [0.5, 0.6) is 5.75 Å². The minimum absolute atomic E-state index is 0. The summed E-state index contributed by atoms with van der Waals surface area (Å²) < 4.78 is 6.22. The predicted octanol–water partition coefficient (Wildman–Crippen LogP) is 2.89. The molecule has 1 aliphatic heterocycles. The van der Waals surface area contributed by atoms with Crippen LogP contribution in [0.25, 0.3) is 0 Å². The number of hydrogen-bond acceptors (Lipinski definition) is 3. The van der Waals surface area contributed by atoms with Crippen molar-refractivity contribution >= 4 is 34.2 Å². The Morgan fingerprint density at radius 3 is 2.86 bits per heavy atom. The van der Waals surface area contributed by atoms with Crippen molar-refractivity contribution in [3.05, 3.63) is 28.2 Å². The van der Waals surface area contributed by atoms with Gasteiger partial charge in [0.1, 0.15) is 5.75 Å². The fourth-order valence-corrected chi connectivity index (χ4v) is 3.70. The molecule has 2 fully saturated rings. The van der Waals surface area contributed by atoms with E-state index in [4.69, 9.17) is 4.74 Å². The highest BCUT2D eigenvalue weighted by atomic mass is 79.9. The Morgan fingerprint density at radius 1 is 1.45 bits per heavy atom. The lowest BCUT2D eigenvalue weighted by Gasteiger charge is -2.23. The van der Waals surface area contributed by atoms with Gasteiger partial charge in [-0.3, -0.25) is 4.79 Å². The third-order valence-electron chi connectivity index (χ3n) is 4.81. The van der Waals surface area contributed by atoms with Crippen LogP contribution in [0.1, 0.15) is 24.8 Å². The van der Waals surface area contributed by atoms with E-state index < -0.39 is 0 Å². The maximum Gasteiger partial charge on any atom is 0.223 e. The first kappa shape index (κ1) is 17.6. The maximum absolute atomic E-state index is 12.3. The molecule has 2 aliphatic rings. The van der Waals surface area contributed by atoms with E-state index in [1.807, 2.05) is 18.2 Å². The Balaban J connectivity index is 0.00000176. The van der Waals surface area contributed by atoms with Gasteiger partial charge < -0.3 is 15.4 Å². The number of ether oxygens (including phenoxy) is 1. The third-order valence-corrected chi connectivity index (χ3v) is 5.59. The Bertz CT molecular complexity index is 547. The topological polar surface area (TPSA) is 50.4 Å². The Hall–Kier alpha value is -0.780. The molecule has 1 atom stereocenters. The van der Waals surface area contributed by atoms with Gasteiger partial charge in [-0.05, 0) is 61.5 Å². The van der Waals surface area contributed by atoms with E-state index in [-0.39, 0.29) is 24.2 Å². The second-order valence-corrected chi connectivity index (χ2v) is 6.90. The van der Waals surface area contributed by atoms with Crippen LogP contribution >= 0.6 is 28.3 Å². The average Bonchev–Trinajstić information content (AvgIpc) is 3.20. The van der Waals surface area contributed by atoms with Crippen LogP contribution in [0.4, 0.5) is 0 Å². The molecule has 1 aliphatic carbocycles. The van der Waals surface area contributed by atoms with E-state index in [9.17, 15) is 4.79 Å². The van der Waals surface area contributed by atoms with E-state index in [0.29, 0.717) is 12.0 Å². The second-order valence-electron chi connectivity index (χ2n) is 6.04. The largest absolute Gasteiger partial charge is 0.497 e. The molecule has 1 heterocycles. The lowest BCUT2D eigenvalue weighted by Crippen LogP contribution is -2.33. The van der Waals surface area contributed by atoms with Crippen molar-refractivity contribution < 1.29 is 9.53 Å². The summed E-state index contributed by atoms with van der Waals surface area (Å²) in [7, 11) is 1.65. The second kappa shape index (κ2) is 7.20. The molecule has 1 amide bonds. The van der Waals surface area contributed by atoms with E-state index in [2.05, 4.69) is 26.6 Å². The van der Waals surface area contributed by atoms with E-state index in [1.54, 1.807) is 7.11 Å². The number of rotatable bonds is 4. The number of carbonyl (C=O) groups is 1. The average molecular weight is 390 g/mol. The monoisotopic (exact) mass is 388 g/mol. The quantitative estimate of drug-likeness (QED) is 0.832. The standard InChI is InChI=1S/C16H21BrN2O2.ClH/c1-21-12-2-3-14(17)11(8-12)10-19-15(20)13-9-16(13)4-6-18-7-5-16;/h2-3,8,13,18H,4-7,9-10H2,1H3,(H,19,20);1H. The normalized spacial score (nSPS) is 21.8. The lowest BCUT2D eigenvalue weighted by molar-refractivity contribution is -0.123. The van der Waals surface area contributed by atoms with Gasteiger partial charge in [-0.15, -0.1) is 12.4 Å². The van der Waals surface area contributed by atoms with Crippen molar-refractivity contribution in [3.63, 3.8) is 0 Å². The van der Waals surface area contributed by atoms with E-state index >= 15 is 0 Å². The van der Waals surface area contributed by atoms with Gasteiger partial charge in [-0.25, -0.2) is 0 Å². The molecule has 1 saturated heterocycles. The molecule has 1 aromatic carbocycles. The highest BCUT2D eigenvalue weighted by Crippen LogP contribution is 2.58. The van der Waals surface area contributed by atoms with Crippen LogP contribution in [0.3, 0.4) is 0 Å². The maximum atomic E-state index is 12.3. The first-order chi connectivity index (χ1) is 10.1. The highest BCUT2D eigenvalue weighted by Gasteiger charge is 2.57. The lowest BCUT2D eigenvalue weighted by atomic mass is 9.92. The number of nitrogens with one attached hydrogen (secondary N) is 2. The van der Waals surface area contributed by atoms with Gasteiger partial charge in [0.2, 0.25) is 5.91 Å². The zero-order chi connectivity index (χ0) is 14.9. The molecule has 2 N–H and O–H groups in total. The van der Waals surface area contributed by atoms with Crippen molar-refractivity contribution in [2.75, 3.05) is 20.2 Å². The molecule has 1 saturated carbocycles. The van der Waals surface area contributed by atoms with Crippen molar-refractivity contribution in [2.45, 2.75) is 25.8 Å². The number of hydrogen-bond donors (Lipinski definition) is 2. The Labute approximate surface area is 145 Å². The smallest absolute Gasteiger partial charge is 0.223 e. The Kier molecular flexibility index (Phi) is 5.75. The molecule has 122 valence electrons. The molecule has 0 aromatic heterocycles. The molecule has 22 heavy (non-hydrogen) atoms. The number of carbonyl (C=O) groups excluding carboxylic acids is 1. The van der Waals surface area contributed by atoms with Crippen LogP contribution in [0.2, 0.25) is 0 Å². The number of halogens is 2. The zero-order valence-electron chi connectivity index (χ0n) is 12.7. The van der Waals surface area contributed by atoms with Crippen molar-refractivity contribution in [3.8, 4) is 5.75 Å². The zero-order valence-corrected chi connectivity index (χ0v) is 15.1. The van der Waals surface area contributed by atoms with Gasteiger partial charge in [0, 0.05) is 16.9 Å². The summed E-state index contributed by atoms with van der Waals surface area (Å²) >= 11 is 3.52. The number of piperidine rings is 1. The van der Waals surface area contributed by atoms with Gasteiger partial charge in [0.25, 0.3) is 0 Å². The molecule has 1 unspecified atom stereocenters. The fourth-order valence-electron chi connectivity index (χ4n) is 3.31. The minimum atomic E-state index is 0. The molecule has 0 radical (unpaired) electrons. The molecule has 1 aromatic rings. The molecule has 6 heteroatoms. The molecule has 4 nitrogen and oxygen atoms in total. The van der Waals surface area contributed by atoms with E-state index in [1.165, 1.54) is 0 Å². The summed E-state index contributed by atoms with van der Waals surface area (Å²) in [6.45, 7) is 2.64. The summed E-state index contributed by atoms with van der Waals surface area (Å²) in [5.41, 5.74) is 1.34. The van der Waals surface area contributed by atoms with E-state index in [0.717, 1.165) is 48.1 Å². The van der Waals surface area contributed by atoms with Crippen molar-refractivity contribution in [1.29, 1.82) is 0 Å². The summed E-state index contributed by atoms with van der Waals surface area (Å²) in [5.74, 6) is 1.22. The Morgan fingerprint density at radius 2 is 2.18 bits per heavy atom. The van der Waals surface area contributed by atoms with Crippen LogP contribution < -0.4 is 15.4 Å². The summed E-state index contributed by atoms with van der Waals surface area (Å²) in [6, 6.07) is 5.81. The van der Waals surface area contributed by atoms with Crippen LogP contribution in [-0.2, 0) is 11.3 Å². The molecular weight excluding hydrogens is 368 g/mol. The highest BCUT2D eigenvalue weighted by molar-refractivity contribution is 9.10. The SMILES string of the molecule is COc1ccc(Br)c(CNC(=O)C2CC23CCNCC3)c1.Cl. The molecule has 1 spiro atoms. The van der Waals surface area contributed by atoms with Gasteiger partial charge >= 0.3 is 0 Å². The molecular formula is C16H22BrClN2O2. The van der Waals surface area contributed by atoms with Gasteiger partial charge in [0.15, 0.2) is 0 Å². The van der Waals surface area contributed by atoms with Crippen LogP contribution in [0, 0.1) is 11.3 Å². The minimum Gasteiger partial charge on any atom is -0.497 e. The summed E-state index contributed by atoms with van der Waals surface area (Å²) in [6.07, 6.45) is 3.32. The van der Waals surface area contributed by atoms with Crippen LogP contribution in [-0.4, -0.2) is 26.1 Å². The van der Waals surface area contributed by atoms with Gasteiger partial charge in [-0.2, -0.15) is 0 Å². The number of methoxy groups -OCH3 is 1. The number of benzene rings is 1. The first-order valence-corrected chi connectivity index (χ1v) is 8.25.